The maximum absolute atomic E-state index is 9.02. The summed E-state index contributed by atoms with van der Waals surface area (Å²) in [5, 5.41) is 15.7. The molecule has 13 heavy (non-hydrogen) atoms. The molecular weight excluding hydrogens is 211 g/mol. The molecule has 2 rings (SSSR count). The van der Waals surface area contributed by atoms with Crippen molar-refractivity contribution in [3.8, 4) is 0 Å². The van der Waals surface area contributed by atoms with Crippen LogP contribution in [-0.2, 0) is 0 Å². The van der Waals surface area contributed by atoms with Crippen LogP contribution >= 0.6 is 24.8 Å². The van der Waals surface area contributed by atoms with Crippen molar-refractivity contribution in [2.75, 3.05) is 26.2 Å². The number of halogens is 2. The standard InChI is InChI=1S/C8H14N2O.2ClH/c11-5-6-1-2-10-8-4-9-3-7(6)8;;/h8-11H,1-5H2;2*1H. The highest BCUT2D eigenvalue weighted by atomic mass is 35.5. The molecule has 0 aliphatic carbocycles. The molecule has 2 heterocycles. The Bertz CT molecular complexity index is 197. The molecule has 1 saturated heterocycles. The summed E-state index contributed by atoms with van der Waals surface area (Å²) in [6, 6.07) is 0.505. The summed E-state index contributed by atoms with van der Waals surface area (Å²) < 4.78 is 0. The van der Waals surface area contributed by atoms with E-state index in [9.17, 15) is 0 Å². The normalized spacial score (nSPS) is 26.1. The third-order valence-corrected chi connectivity index (χ3v) is 2.55. The molecule has 0 saturated carbocycles. The van der Waals surface area contributed by atoms with Crippen LogP contribution in [0.4, 0.5) is 0 Å². The van der Waals surface area contributed by atoms with Gasteiger partial charge in [-0.3, -0.25) is 0 Å². The van der Waals surface area contributed by atoms with Gasteiger partial charge in [0.05, 0.1) is 6.61 Å². The lowest BCUT2D eigenvalue weighted by atomic mass is 9.97. The lowest BCUT2D eigenvalue weighted by Crippen LogP contribution is -2.37. The molecule has 0 radical (unpaired) electrons. The molecule has 1 fully saturated rings. The molecule has 2 aliphatic rings. The van der Waals surface area contributed by atoms with E-state index >= 15 is 0 Å². The van der Waals surface area contributed by atoms with E-state index in [4.69, 9.17) is 5.11 Å². The zero-order valence-electron chi connectivity index (χ0n) is 7.38. The summed E-state index contributed by atoms with van der Waals surface area (Å²) in [5.74, 6) is 0. The minimum absolute atomic E-state index is 0. The van der Waals surface area contributed by atoms with Crippen LogP contribution in [0.5, 0.6) is 0 Å². The molecule has 78 valence electrons. The number of hydrogen-bond donors (Lipinski definition) is 3. The molecule has 3 nitrogen and oxygen atoms in total. The molecule has 2 aliphatic heterocycles. The lowest BCUT2D eigenvalue weighted by molar-refractivity contribution is 0.319. The van der Waals surface area contributed by atoms with E-state index in [0.29, 0.717) is 6.04 Å². The van der Waals surface area contributed by atoms with E-state index in [1.165, 1.54) is 11.1 Å². The van der Waals surface area contributed by atoms with Gasteiger partial charge in [-0.25, -0.2) is 0 Å². The molecular formula is C8H16Cl2N2O. The largest absolute Gasteiger partial charge is 0.392 e. The van der Waals surface area contributed by atoms with Crippen molar-refractivity contribution >= 4 is 24.8 Å². The predicted octanol–water partition coefficient (Wildman–Crippen LogP) is 0.0840. The van der Waals surface area contributed by atoms with Gasteiger partial charge < -0.3 is 15.7 Å². The van der Waals surface area contributed by atoms with Crippen molar-refractivity contribution in [2.24, 2.45) is 0 Å². The van der Waals surface area contributed by atoms with Crippen LogP contribution in [0.1, 0.15) is 6.42 Å². The zero-order valence-corrected chi connectivity index (χ0v) is 9.01. The highest BCUT2D eigenvalue weighted by molar-refractivity contribution is 5.85. The number of nitrogens with one attached hydrogen (secondary N) is 2. The summed E-state index contributed by atoms with van der Waals surface area (Å²) in [6.07, 6.45) is 1.02. The molecule has 0 aromatic carbocycles. The van der Waals surface area contributed by atoms with Crippen LogP contribution in [0.25, 0.3) is 0 Å². The van der Waals surface area contributed by atoms with Gasteiger partial charge in [-0.2, -0.15) is 0 Å². The maximum Gasteiger partial charge on any atom is 0.0645 e. The first-order chi connectivity index (χ1) is 5.42. The molecule has 0 spiro atoms. The first-order valence-corrected chi connectivity index (χ1v) is 4.17. The minimum atomic E-state index is 0. The van der Waals surface area contributed by atoms with Crippen LogP contribution in [0.2, 0.25) is 0 Å². The fourth-order valence-electron chi connectivity index (χ4n) is 1.90. The smallest absolute Gasteiger partial charge is 0.0645 e. The quantitative estimate of drug-likeness (QED) is 0.556. The van der Waals surface area contributed by atoms with Crippen molar-refractivity contribution in [3.63, 3.8) is 0 Å². The Labute approximate surface area is 90.8 Å². The van der Waals surface area contributed by atoms with Crippen LogP contribution in [0.3, 0.4) is 0 Å². The summed E-state index contributed by atoms with van der Waals surface area (Å²) in [5.41, 5.74) is 2.65. The van der Waals surface area contributed by atoms with Gasteiger partial charge in [0.2, 0.25) is 0 Å². The minimum Gasteiger partial charge on any atom is -0.392 e. The van der Waals surface area contributed by atoms with Gasteiger partial charge in [0.15, 0.2) is 0 Å². The maximum atomic E-state index is 9.02. The second kappa shape index (κ2) is 5.83. The fraction of sp³-hybridized carbons (Fsp3) is 0.750. The highest BCUT2D eigenvalue weighted by Gasteiger charge is 2.25. The predicted molar refractivity (Wildman–Crippen MR) is 57.9 cm³/mol. The molecule has 0 amide bonds. The van der Waals surface area contributed by atoms with Crippen LogP contribution in [0.15, 0.2) is 11.1 Å². The van der Waals surface area contributed by atoms with Crippen molar-refractivity contribution < 1.29 is 5.11 Å². The Morgan fingerprint density at radius 1 is 1.38 bits per heavy atom. The van der Waals surface area contributed by atoms with Crippen molar-refractivity contribution in [3.05, 3.63) is 11.1 Å². The fourth-order valence-corrected chi connectivity index (χ4v) is 1.90. The highest BCUT2D eigenvalue weighted by Crippen LogP contribution is 2.19. The molecule has 5 heteroatoms. The van der Waals surface area contributed by atoms with Crippen LogP contribution in [0, 0.1) is 0 Å². The van der Waals surface area contributed by atoms with Gasteiger partial charge in [0.25, 0.3) is 0 Å². The molecule has 3 N–H and O–H groups in total. The first kappa shape index (κ1) is 13.2. The number of fused-ring (bicyclic) bond motifs is 1. The SMILES string of the molecule is Cl.Cl.OCC1=C2CNCC2NCC1. The van der Waals surface area contributed by atoms with E-state index in [1.54, 1.807) is 0 Å². The Balaban J connectivity index is 0.000000720. The Kier molecular flexibility index (Phi) is 5.92. The molecule has 1 atom stereocenters. The van der Waals surface area contributed by atoms with Gasteiger partial charge in [0, 0.05) is 19.1 Å². The second-order valence-corrected chi connectivity index (χ2v) is 3.17. The van der Waals surface area contributed by atoms with E-state index in [2.05, 4.69) is 10.6 Å². The van der Waals surface area contributed by atoms with Crippen molar-refractivity contribution in [2.45, 2.75) is 12.5 Å². The zero-order chi connectivity index (χ0) is 7.68. The van der Waals surface area contributed by atoms with Crippen molar-refractivity contribution in [1.82, 2.24) is 10.6 Å². The Morgan fingerprint density at radius 3 is 2.85 bits per heavy atom. The number of aliphatic hydroxyl groups is 1. The van der Waals surface area contributed by atoms with Crippen LogP contribution in [-0.4, -0.2) is 37.4 Å². The van der Waals surface area contributed by atoms with Crippen LogP contribution < -0.4 is 10.6 Å². The number of aliphatic hydroxyl groups excluding tert-OH is 1. The molecule has 1 unspecified atom stereocenters. The Morgan fingerprint density at radius 2 is 2.15 bits per heavy atom. The van der Waals surface area contributed by atoms with E-state index < -0.39 is 0 Å². The summed E-state index contributed by atoms with van der Waals surface area (Å²) in [6.45, 7) is 3.26. The van der Waals surface area contributed by atoms with Crippen molar-refractivity contribution in [1.29, 1.82) is 0 Å². The topological polar surface area (TPSA) is 44.3 Å². The second-order valence-electron chi connectivity index (χ2n) is 3.17. The molecule has 0 aromatic rings. The third kappa shape index (κ3) is 2.58. The van der Waals surface area contributed by atoms with Gasteiger partial charge in [-0.05, 0) is 24.1 Å². The van der Waals surface area contributed by atoms with Gasteiger partial charge in [-0.15, -0.1) is 24.8 Å². The van der Waals surface area contributed by atoms with Gasteiger partial charge in [0.1, 0.15) is 0 Å². The van der Waals surface area contributed by atoms with Gasteiger partial charge in [-0.1, -0.05) is 0 Å². The van der Waals surface area contributed by atoms with Gasteiger partial charge >= 0.3 is 0 Å². The third-order valence-electron chi connectivity index (χ3n) is 2.55. The summed E-state index contributed by atoms with van der Waals surface area (Å²) in [4.78, 5) is 0. The first-order valence-electron chi connectivity index (χ1n) is 4.17. The van der Waals surface area contributed by atoms with E-state index in [-0.39, 0.29) is 31.4 Å². The molecule has 0 aromatic heterocycles. The average molecular weight is 227 g/mol. The van der Waals surface area contributed by atoms with E-state index in [0.717, 1.165) is 26.1 Å². The molecule has 0 bridgehead atoms. The lowest BCUT2D eigenvalue weighted by Gasteiger charge is -2.22. The number of hydrogen-bond acceptors (Lipinski definition) is 3. The monoisotopic (exact) mass is 226 g/mol. The average Bonchev–Trinajstić information content (AvgIpc) is 2.50. The summed E-state index contributed by atoms with van der Waals surface area (Å²) >= 11 is 0. The van der Waals surface area contributed by atoms with E-state index in [1.807, 2.05) is 0 Å². The number of rotatable bonds is 1. The summed E-state index contributed by atoms with van der Waals surface area (Å²) in [7, 11) is 0. The Hall–Kier alpha value is 0.200.